The highest BCUT2D eigenvalue weighted by Gasteiger charge is 2.11. The first-order chi connectivity index (χ1) is 20.9. The average molecular weight is 615 g/mol. The number of halogens is 1. The summed E-state index contributed by atoms with van der Waals surface area (Å²) in [4.78, 5) is 29.4. The second-order valence-electron chi connectivity index (χ2n) is 9.33. The summed E-state index contributed by atoms with van der Waals surface area (Å²) in [7, 11) is 1.61. The van der Waals surface area contributed by atoms with Crippen LogP contribution in [0.25, 0.3) is 11.1 Å². The highest BCUT2D eigenvalue weighted by Crippen LogP contribution is 2.30. The third kappa shape index (κ3) is 7.94. The number of carbonyl (C=O) groups excluding carboxylic acids is 2. The van der Waals surface area contributed by atoms with Gasteiger partial charge in [0.1, 0.15) is 17.0 Å². The van der Waals surface area contributed by atoms with Crippen LogP contribution in [0.4, 0.5) is 5.69 Å². The monoisotopic (exact) mass is 614 g/mol. The van der Waals surface area contributed by atoms with Gasteiger partial charge in [-0.15, -0.1) is 0 Å². The number of benzene rings is 4. The molecule has 218 valence electrons. The number of hydrazone groups is 1. The van der Waals surface area contributed by atoms with Gasteiger partial charge < -0.3 is 19.2 Å². The normalized spacial score (nSPS) is 11.0. The number of anilines is 1. The third-order valence-electron chi connectivity index (χ3n) is 6.24. The second-order valence-corrected chi connectivity index (χ2v) is 10.7. The van der Waals surface area contributed by atoms with E-state index < -0.39 is 5.91 Å². The second kappa shape index (κ2) is 13.9. The number of aryl methyl sites for hydroxylation is 1. The van der Waals surface area contributed by atoms with Crippen LogP contribution in [0.5, 0.6) is 11.5 Å². The number of hydrogen-bond donors (Lipinski definition) is 2. The topological polar surface area (TPSA) is 115 Å². The Morgan fingerprint density at radius 2 is 1.81 bits per heavy atom. The van der Waals surface area contributed by atoms with Crippen LogP contribution in [0.3, 0.4) is 0 Å². The minimum Gasteiger partial charge on any atom is -0.496 e. The van der Waals surface area contributed by atoms with E-state index in [0.29, 0.717) is 33.0 Å². The number of rotatable bonds is 11. The standard InChI is InChI=1S/C32H27ClN4O5S/c1-20-15-24(33)10-14-27(20)41-18-30(38)35-25-11-8-22(9-12-25)31(39)37-34-17-21-7-13-28(40-2)23(16-21)19-43-32-36-26-5-3-4-6-29(26)42-32/h3-17H,18-19H2,1-2H3,(H,35,38)(H,37,39)/b34-17-. The van der Waals surface area contributed by atoms with Gasteiger partial charge in [-0.05, 0) is 90.8 Å². The van der Waals surface area contributed by atoms with E-state index in [2.05, 4.69) is 20.8 Å². The van der Waals surface area contributed by atoms with Crippen LogP contribution in [-0.4, -0.2) is 36.7 Å². The Bertz CT molecular complexity index is 1760. The van der Waals surface area contributed by atoms with Crippen LogP contribution >= 0.6 is 23.4 Å². The number of nitrogens with zero attached hydrogens (tertiary/aromatic N) is 2. The molecule has 4 aromatic carbocycles. The molecule has 0 radical (unpaired) electrons. The number of carbonyl (C=O) groups is 2. The lowest BCUT2D eigenvalue weighted by Gasteiger charge is -2.10. The van der Waals surface area contributed by atoms with Gasteiger partial charge in [0.15, 0.2) is 12.2 Å². The molecule has 2 amide bonds. The number of ether oxygens (including phenoxy) is 2. The summed E-state index contributed by atoms with van der Waals surface area (Å²) in [6.45, 7) is 1.69. The van der Waals surface area contributed by atoms with E-state index in [-0.39, 0.29) is 12.5 Å². The van der Waals surface area contributed by atoms with E-state index in [4.69, 9.17) is 25.5 Å². The molecule has 0 bridgehead atoms. The van der Waals surface area contributed by atoms with Gasteiger partial charge in [0.25, 0.3) is 17.0 Å². The molecule has 9 nitrogen and oxygen atoms in total. The Balaban J connectivity index is 1.13. The fourth-order valence-electron chi connectivity index (χ4n) is 4.09. The van der Waals surface area contributed by atoms with Crippen molar-refractivity contribution in [2.24, 2.45) is 5.10 Å². The van der Waals surface area contributed by atoms with Gasteiger partial charge in [-0.25, -0.2) is 10.4 Å². The molecule has 5 aromatic rings. The highest BCUT2D eigenvalue weighted by molar-refractivity contribution is 7.98. The molecular formula is C32H27ClN4O5S. The number of aromatic nitrogens is 1. The lowest BCUT2D eigenvalue weighted by Crippen LogP contribution is -2.21. The Morgan fingerprint density at radius 1 is 1.02 bits per heavy atom. The predicted octanol–water partition coefficient (Wildman–Crippen LogP) is 6.87. The molecule has 1 heterocycles. The molecule has 0 aliphatic rings. The number of oxazole rings is 1. The van der Waals surface area contributed by atoms with Crippen molar-refractivity contribution < 1.29 is 23.5 Å². The maximum atomic E-state index is 12.6. The van der Waals surface area contributed by atoms with Crippen molar-refractivity contribution in [2.75, 3.05) is 19.0 Å². The summed E-state index contributed by atoms with van der Waals surface area (Å²) >= 11 is 7.41. The third-order valence-corrected chi connectivity index (χ3v) is 7.35. The molecule has 0 fully saturated rings. The predicted molar refractivity (Wildman–Crippen MR) is 168 cm³/mol. The molecule has 0 aliphatic carbocycles. The van der Waals surface area contributed by atoms with Crippen molar-refractivity contribution in [3.63, 3.8) is 0 Å². The van der Waals surface area contributed by atoms with Gasteiger partial charge in [0, 0.05) is 27.6 Å². The van der Waals surface area contributed by atoms with Crippen LogP contribution in [-0.2, 0) is 10.5 Å². The van der Waals surface area contributed by atoms with Crippen molar-refractivity contribution in [3.05, 3.63) is 112 Å². The molecule has 0 saturated carbocycles. The van der Waals surface area contributed by atoms with Crippen LogP contribution in [0.2, 0.25) is 5.02 Å². The molecule has 0 unspecified atom stereocenters. The van der Waals surface area contributed by atoms with E-state index in [1.165, 1.54) is 11.8 Å². The molecule has 0 atom stereocenters. The number of para-hydroxylation sites is 2. The lowest BCUT2D eigenvalue weighted by molar-refractivity contribution is -0.118. The fourth-order valence-corrected chi connectivity index (χ4v) is 5.14. The zero-order chi connectivity index (χ0) is 30.2. The van der Waals surface area contributed by atoms with E-state index in [1.54, 1.807) is 55.8 Å². The van der Waals surface area contributed by atoms with Gasteiger partial charge in [-0.1, -0.05) is 35.5 Å². The van der Waals surface area contributed by atoms with Crippen molar-refractivity contribution in [1.29, 1.82) is 0 Å². The Labute approximate surface area is 257 Å². The first-order valence-corrected chi connectivity index (χ1v) is 14.5. The van der Waals surface area contributed by atoms with Gasteiger partial charge in [0.05, 0.1) is 13.3 Å². The molecule has 0 aliphatic heterocycles. The molecule has 2 N–H and O–H groups in total. The summed E-state index contributed by atoms with van der Waals surface area (Å²) in [5, 5.41) is 8.01. The largest absolute Gasteiger partial charge is 0.496 e. The highest BCUT2D eigenvalue weighted by atomic mass is 35.5. The van der Waals surface area contributed by atoms with E-state index in [0.717, 1.165) is 33.5 Å². The molecular weight excluding hydrogens is 588 g/mol. The fraction of sp³-hybridized carbons (Fsp3) is 0.125. The molecule has 0 spiro atoms. The van der Waals surface area contributed by atoms with E-state index >= 15 is 0 Å². The molecule has 1 aromatic heterocycles. The number of fused-ring (bicyclic) bond motifs is 1. The SMILES string of the molecule is COc1ccc(/C=N\NC(=O)c2ccc(NC(=O)COc3ccc(Cl)cc3C)cc2)cc1CSc1nc2ccccc2o1. The Morgan fingerprint density at radius 3 is 2.58 bits per heavy atom. The maximum Gasteiger partial charge on any atom is 0.271 e. The van der Waals surface area contributed by atoms with E-state index in [1.807, 2.05) is 49.4 Å². The summed E-state index contributed by atoms with van der Waals surface area (Å²) in [5.41, 5.74) is 7.53. The lowest BCUT2D eigenvalue weighted by atomic mass is 10.1. The minimum atomic E-state index is -0.393. The zero-order valence-electron chi connectivity index (χ0n) is 23.3. The van der Waals surface area contributed by atoms with Gasteiger partial charge in [-0.3, -0.25) is 9.59 Å². The van der Waals surface area contributed by atoms with Crippen LogP contribution in [0, 0.1) is 6.92 Å². The van der Waals surface area contributed by atoms with E-state index in [9.17, 15) is 9.59 Å². The summed E-state index contributed by atoms with van der Waals surface area (Å²) in [5.74, 6) is 1.15. The van der Waals surface area contributed by atoms with Gasteiger partial charge in [0.2, 0.25) is 0 Å². The van der Waals surface area contributed by atoms with Gasteiger partial charge >= 0.3 is 0 Å². The first kappa shape index (κ1) is 29.7. The first-order valence-electron chi connectivity index (χ1n) is 13.2. The maximum absolute atomic E-state index is 12.6. The quantitative estimate of drug-likeness (QED) is 0.0947. The Kier molecular flexibility index (Phi) is 9.60. The smallest absolute Gasteiger partial charge is 0.271 e. The number of methoxy groups -OCH3 is 1. The molecule has 0 saturated heterocycles. The van der Waals surface area contributed by atoms with Crippen molar-refractivity contribution in [2.45, 2.75) is 17.9 Å². The van der Waals surface area contributed by atoms with Crippen LogP contribution in [0.15, 0.2) is 99.7 Å². The van der Waals surface area contributed by atoms with Crippen LogP contribution in [0.1, 0.15) is 27.0 Å². The number of nitrogens with one attached hydrogen (secondary N) is 2. The number of thioether (sulfide) groups is 1. The zero-order valence-corrected chi connectivity index (χ0v) is 24.9. The molecule has 5 rings (SSSR count). The molecule has 11 heteroatoms. The minimum absolute atomic E-state index is 0.165. The summed E-state index contributed by atoms with van der Waals surface area (Å²) in [6.07, 6.45) is 1.56. The Hall–Kier alpha value is -4.80. The average Bonchev–Trinajstić information content (AvgIpc) is 3.43. The van der Waals surface area contributed by atoms with Crippen molar-refractivity contribution >= 4 is 58.2 Å². The van der Waals surface area contributed by atoms with Gasteiger partial charge in [-0.2, -0.15) is 5.10 Å². The van der Waals surface area contributed by atoms with Crippen LogP contribution < -0.4 is 20.2 Å². The number of amides is 2. The summed E-state index contributed by atoms with van der Waals surface area (Å²) in [6, 6.07) is 24.9. The van der Waals surface area contributed by atoms with Crippen molar-refractivity contribution in [3.8, 4) is 11.5 Å². The number of hydrogen-bond acceptors (Lipinski definition) is 8. The molecule has 43 heavy (non-hydrogen) atoms. The van der Waals surface area contributed by atoms with Crippen molar-refractivity contribution in [1.82, 2.24) is 10.4 Å². The summed E-state index contributed by atoms with van der Waals surface area (Å²) < 4.78 is 16.9.